The molecule has 0 aromatic carbocycles. The Morgan fingerprint density at radius 2 is 2.14 bits per heavy atom. The second kappa shape index (κ2) is 6.10. The minimum absolute atomic E-state index is 0.246. The first-order valence-corrected chi connectivity index (χ1v) is 9.10. The van der Waals surface area contributed by atoms with Gasteiger partial charge in [0.25, 0.3) is 0 Å². The average Bonchev–Trinajstić information content (AvgIpc) is 2.54. The van der Waals surface area contributed by atoms with Gasteiger partial charge in [-0.2, -0.15) is 11.8 Å². The summed E-state index contributed by atoms with van der Waals surface area (Å²) in [6.45, 7) is 2.80. The maximum Gasteiger partial charge on any atom is 0.112 e. The molecule has 112 valence electrons. The highest BCUT2D eigenvalue weighted by Crippen LogP contribution is 2.36. The molecule has 2 aromatic heterocycles. The fourth-order valence-corrected chi connectivity index (χ4v) is 3.97. The zero-order valence-electron chi connectivity index (χ0n) is 12.1. The number of hydrogen-bond donors (Lipinski definition) is 1. The monoisotopic (exact) mass is 366 g/mol. The maximum absolute atomic E-state index is 5.97. The van der Waals surface area contributed by atoms with Gasteiger partial charge in [0.15, 0.2) is 0 Å². The van der Waals surface area contributed by atoms with E-state index in [9.17, 15) is 0 Å². The van der Waals surface area contributed by atoms with Crippen molar-refractivity contribution in [1.29, 1.82) is 0 Å². The number of thioether (sulfide) groups is 1. The van der Waals surface area contributed by atoms with E-state index in [-0.39, 0.29) is 4.75 Å². The summed E-state index contributed by atoms with van der Waals surface area (Å²) in [6, 6.07) is 4.08. The summed E-state index contributed by atoms with van der Waals surface area (Å²) in [5, 5.41) is 0. The van der Waals surface area contributed by atoms with E-state index < -0.39 is 0 Å². The van der Waals surface area contributed by atoms with Crippen molar-refractivity contribution in [3.63, 3.8) is 0 Å². The molecule has 0 radical (unpaired) electrons. The predicted octanol–water partition coefficient (Wildman–Crippen LogP) is 3.05. The summed E-state index contributed by atoms with van der Waals surface area (Å²) >= 11 is 5.36. The Kier molecular flexibility index (Phi) is 4.38. The van der Waals surface area contributed by atoms with E-state index in [0.717, 1.165) is 48.0 Å². The third-order valence-electron chi connectivity index (χ3n) is 4.34. The van der Waals surface area contributed by atoms with Gasteiger partial charge in [-0.05, 0) is 47.2 Å². The van der Waals surface area contributed by atoms with E-state index in [2.05, 4.69) is 43.1 Å². The van der Waals surface area contributed by atoms with Crippen LogP contribution < -0.4 is 10.6 Å². The van der Waals surface area contributed by atoms with Crippen LogP contribution in [0.2, 0.25) is 0 Å². The van der Waals surface area contributed by atoms with Gasteiger partial charge < -0.3 is 10.6 Å². The molecule has 6 heteroatoms. The first kappa shape index (κ1) is 15.1. The number of piperidine rings is 1. The number of anilines is 1. The summed E-state index contributed by atoms with van der Waals surface area (Å²) in [5.41, 5.74) is 9.06. The molecule has 0 spiro atoms. The molecule has 3 heterocycles. The molecule has 3 rings (SSSR count). The summed E-state index contributed by atoms with van der Waals surface area (Å²) in [7, 11) is 0. The molecule has 2 N–H and O–H groups in total. The van der Waals surface area contributed by atoms with E-state index in [1.54, 1.807) is 0 Å². The van der Waals surface area contributed by atoms with Crippen molar-refractivity contribution in [2.24, 2.45) is 5.73 Å². The van der Waals surface area contributed by atoms with Crippen molar-refractivity contribution in [3.8, 4) is 0 Å². The maximum atomic E-state index is 5.97. The van der Waals surface area contributed by atoms with Gasteiger partial charge in [-0.25, -0.2) is 0 Å². The lowest BCUT2D eigenvalue weighted by atomic mass is 9.95. The predicted molar refractivity (Wildman–Crippen MR) is 94.0 cm³/mol. The Morgan fingerprint density at radius 1 is 1.38 bits per heavy atom. The Morgan fingerprint density at radius 3 is 2.81 bits per heavy atom. The zero-order chi connectivity index (χ0) is 14.9. The number of nitrogens with two attached hydrogens (primary N) is 1. The summed E-state index contributed by atoms with van der Waals surface area (Å²) in [6.07, 6.45) is 8.11. The van der Waals surface area contributed by atoms with Crippen LogP contribution in [0, 0.1) is 0 Å². The number of rotatable bonds is 3. The van der Waals surface area contributed by atoms with Crippen molar-refractivity contribution in [2.75, 3.05) is 30.8 Å². The van der Waals surface area contributed by atoms with Gasteiger partial charge in [-0.1, -0.05) is 0 Å². The Balaban J connectivity index is 1.89. The first-order valence-electron chi connectivity index (χ1n) is 7.08. The average molecular weight is 367 g/mol. The molecule has 1 aliphatic heterocycles. The molecule has 1 aliphatic rings. The van der Waals surface area contributed by atoms with Crippen LogP contribution >= 0.6 is 27.7 Å². The largest absolute Gasteiger partial charge is 0.370 e. The van der Waals surface area contributed by atoms with Crippen LogP contribution in [0.1, 0.15) is 12.8 Å². The second-order valence-electron chi connectivity index (χ2n) is 5.43. The zero-order valence-corrected chi connectivity index (χ0v) is 14.5. The molecule has 0 unspecified atom stereocenters. The van der Waals surface area contributed by atoms with Crippen molar-refractivity contribution in [2.45, 2.75) is 17.6 Å². The molecule has 1 fully saturated rings. The number of hydrogen-bond acceptors (Lipinski definition) is 5. The van der Waals surface area contributed by atoms with Crippen molar-refractivity contribution >= 4 is 44.4 Å². The van der Waals surface area contributed by atoms with Gasteiger partial charge >= 0.3 is 0 Å². The van der Waals surface area contributed by atoms with Crippen molar-refractivity contribution in [3.05, 3.63) is 29.0 Å². The lowest BCUT2D eigenvalue weighted by molar-refractivity contribution is 0.457. The third-order valence-corrected chi connectivity index (χ3v) is 6.22. The van der Waals surface area contributed by atoms with Gasteiger partial charge in [-0.3, -0.25) is 9.97 Å². The molecule has 2 aromatic rings. The summed E-state index contributed by atoms with van der Waals surface area (Å²) < 4.78 is 1.21. The van der Waals surface area contributed by atoms with Crippen LogP contribution in [-0.4, -0.2) is 40.6 Å². The standard InChI is InChI=1S/C15H19BrN4S/c1-21-15(10-17)3-6-20(7-4-15)13-2-5-18-12-8-11(16)9-19-14(12)13/h2,5,8-9H,3-4,6-7,10,17H2,1H3. The van der Waals surface area contributed by atoms with Gasteiger partial charge in [0.2, 0.25) is 0 Å². The Hall–Kier alpha value is -0.850. The van der Waals surface area contributed by atoms with Crippen LogP contribution in [0.4, 0.5) is 5.69 Å². The van der Waals surface area contributed by atoms with E-state index >= 15 is 0 Å². The van der Waals surface area contributed by atoms with E-state index in [1.165, 1.54) is 5.69 Å². The topological polar surface area (TPSA) is 55.0 Å². The fraction of sp³-hybridized carbons (Fsp3) is 0.467. The number of pyridine rings is 2. The van der Waals surface area contributed by atoms with Gasteiger partial charge in [0, 0.05) is 41.2 Å². The Labute approximate surface area is 137 Å². The minimum Gasteiger partial charge on any atom is -0.370 e. The highest BCUT2D eigenvalue weighted by atomic mass is 79.9. The van der Waals surface area contributed by atoms with Gasteiger partial charge in [0.05, 0.1) is 11.2 Å². The molecular formula is C15H19BrN4S. The Bertz CT molecular complexity index is 635. The van der Waals surface area contributed by atoms with Gasteiger partial charge in [0.1, 0.15) is 5.52 Å². The molecule has 0 bridgehead atoms. The number of fused-ring (bicyclic) bond motifs is 1. The summed E-state index contributed by atoms with van der Waals surface area (Å²) in [5.74, 6) is 0. The molecule has 21 heavy (non-hydrogen) atoms. The molecular weight excluding hydrogens is 348 g/mol. The summed E-state index contributed by atoms with van der Waals surface area (Å²) in [4.78, 5) is 11.4. The smallest absolute Gasteiger partial charge is 0.112 e. The molecule has 0 amide bonds. The quantitative estimate of drug-likeness (QED) is 0.904. The van der Waals surface area contributed by atoms with Crippen molar-refractivity contribution < 1.29 is 0 Å². The van der Waals surface area contributed by atoms with E-state index in [0.29, 0.717) is 0 Å². The SMILES string of the molecule is CSC1(CN)CCN(c2ccnc3cc(Br)cnc23)CC1. The van der Waals surface area contributed by atoms with Crippen LogP contribution in [0.15, 0.2) is 29.0 Å². The van der Waals surface area contributed by atoms with Crippen LogP contribution in [-0.2, 0) is 0 Å². The number of halogens is 1. The van der Waals surface area contributed by atoms with Crippen LogP contribution in [0.25, 0.3) is 11.0 Å². The van der Waals surface area contributed by atoms with Gasteiger partial charge in [-0.15, -0.1) is 0 Å². The van der Waals surface area contributed by atoms with Crippen LogP contribution in [0.5, 0.6) is 0 Å². The molecule has 0 atom stereocenters. The molecule has 0 saturated carbocycles. The minimum atomic E-state index is 0.246. The van der Waals surface area contributed by atoms with E-state index in [1.807, 2.05) is 30.2 Å². The second-order valence-corrected chi connectivity index (χ2v) is 7.62. The number of nitrogens with zero attached hydrogens (tertiary/aromatic N) is 3. The van der Waals surface area contributed by atoms with E-state index in [4.69, 9.17) is 5.73 Å². The molecule has 1 saturated heterocycles. The van der Waals surface area contributed by atoms with Crippen LogP contribution in [0.3, 0.4) is 0 Å². The lowest BCUT2D eigenvalue weighted by Crippen LogP contribution is -2.46. The molecule has 0 aliphatic carbocycles. The first-order chi connectivity index (χ1) is 10.2. The third kappa shape index (κ3) is 2.89. The normalized spacial score (nSPS) is 18.1. The fourth-order valence-electron chi connectivity index (χ4n) is 2.89. The number of aromatic nitrogens is 2. The van der Waals surface area contributed by atoms with Crippen molar-refractivity contribution in [1.82, 2.24) is 9.97 Å². The molecule has 4 nitrogen and oxygen atoms in total. The highest BCUT2D eigenvalue weighted by molar-refractivity contribution is 9.10. The highest BCUT2D eigenvalue weighted by Gasteiger charge is 2.33. The lowest BCUT2D eigenvalue weighted by Gasteiger charge is -2.41.